The largest absolute Gasteiger partial charge is 0.378 e. The molecule has 0 aliphatic carbocycles. The van der Waals surface area contributed by atoms with Crippen molar-refractivity contribution in [2.45, 2.75) is 0 Å². The normalized spacial score (nSPS) is 17.4. The average Bonchev–Trinajstić information content (AvgIpc) is 2.77. The molecule has 2 amide bonds. The van der Waals surface area contributed by atoms with E-state index in [0.29, 0.717) is 51.0 Å². The molecule has 1 aromatic carbocycles. The number of hydrogen-bond donors (Lipinski definition) is 1. The van der Waals surface area contributed by atoms with Crippen molar-refractivity contribution in [2.24, 2.45) is 0 Å². The molecule has 0 bridgehead atoms. The number of urea groups is 1. The second-order valence-electron chi connectivity index (χ2n) is 6.85. The van der Waals surface area contributed by atoms with Crippen molar-refractivity contribution in [3.05, 3.63) is 41.3 Å². The molecule has 0 saturated carbocycles. The summed E-state index contributed by atoms with van der Waals surface area (Å²) < 4.78 is 18.6. The molecule has 4 rings (SSSR count). The number of halogens is 2. The summed E-state index contributed by atoms with van der Waals surface area (Å²) in [5.74, 6) is 1.05. The van der Waals surface area contributed by atoms with E-state index < -0.39 is 5.82 Å². The number of carbonyl (C=O) groups is 1. The summed E-state index contributed by atoms with van der Waals surface area (Å²) in [6, 6.07) is 5.78. The van der Waals surface area contributed by atoms with Gasteiger partial charge in [-0.3, -0.25) is 0 Å². The third kappa shape index (κ3) is 4.68. The van der Waals surface area contributed by atoms with E-state index in [-0.39, 0.29) is 11.1 Å². The van der Waals surface area contributed by atoms with Gasteiger partial charge >= 0.3 is 6.03 Å². The minimum Gasteiger partial charge on any atom is -0.378 e. The predicted molar refractivity (Wildman–Crippen MR) is 109 cm³/mol. The molecule has 2 fully saturated rings. The quantitative estimate of drug-likeness (QED) is 0.822. The topological polar surface area (TPSA) is 73.8 Å². The van der Waals surface area contributed by atoms with Crippen molar-refractivity contribution in [3.63, 3.8) is 0 Å². The fourth-order valence-corrected chi connectivity index (χ4v) is 3.53. The molecule has 2 aliphatic heterocycles. The van der Waals surface area contributed by atoms with Gasteiger partial charge in [0.25, 0.3) is 0 Å². The van der Waals surface area contributed by atoms with Crippen molar-refractivity contribution in [1.29, 1.82) is 0 Å². The molecule has 0 spiro atoms. The van der Waals surface area contributed by atoms with Crippen LogP contribution in [0.5, 0.6) is 0 Å². The van der Waals surface area contributed by atoms with Gasteiger partial charge in [0.1, 0.15) is 11.6 Å². The maximum atomic E-state index is 13.3. The van der Waals surface area contributed by atoms with Crippen LogP contribution in [0.4, 0.5) is 26.6 Å². The first-order chi connectivity index (χ1) is 14.1. The third-order valence-corrected chi connectivity index (χ3v) is 5.27. The van der Waals surface area contributed by atoms with Crippen LogP contribution in [-0.4, -0.2) is 73.4 Å². The number of piperazine rings is 1. The number of ether oxygens (including phenoxy) is 1. The zero-order valence-corrected chi connectivity index (χ0v) is 16.6. The smallest absolute Gasteiger partial charge is 0.321 e. The number of aromatic nitrogens is 2. The number of carbonyl (C=O) groups excluding carboxylic acids is 1. The van der Waals surface area contributed by atoms with Crippen molar-refractivity contribution >= 4 is 35.1 Å². The lowest BCUT2D eigenvalue weighted by Gasteiger charge is -2.35. The molecule has 29 heavy (non-hydrogen) atoms. The molecular formula is C19H22ClFN6O2. The first kappa shape index (κ1) is 19.7. The standard InChI is InChI=1S/C19H22ClFN6O2/c20-15-13-14(1-2-16(15)21)23-19(28)27-7-5-25(6-8-27)17-3-4-22-18(24-17)26-9-11-29-12-10-26/h1-4,13H,5-12H2,(H,23,28). The zero-order chi connectivity index (χ0) is 20.2. The fourth-order valence-electron chi connectivity index (χ4n) is 3.35. The molecule has 0 atom stereocenters. The highest BCUT2D eigenvalue weighted by molar-refractivity contribution is 6.31. The van der Waals surface area contributed by atoms with E-state index in [1.807, 2.05) is 6.07 Å². The first-order valence-electron chi connectivity index (χ1n) is 9.52. The van der Waals surface area contributed by atoms with Gasteiger partial charge < -0.3 is 24.8 Å². The van der Waals surface area contributed by atoms with Gasteiger partial charge in [-0.15, -0.1) is 0 Å². The molecule has 2 saturated heterocycles. The Balaban J connectivity index is 1.34. The summed E-state index contributed by atoms with van der Waals surface area (Å²) >= 11 is 5.77. The van der Waals surface area contributed by atoms with Crippen LogP contribution in [-0.2, 0) is 4.74 Å². The number of hydrogen-bond acceptors (Lipinski definition) is 6. The van der Waals surface area contributed by atoms with Gasteiger partial charge in [0, 0.05) is 51.2 Å². The first-order valence-corrected chi connectivity index (χ1v) is 9.89. The van der Waals surface area contributed by atoms with Gasteiger partial charge in [-0.2, -0.15) is 4.98 Å². The lowest BCUT2D eigenvalue weighted by Crippen LogP contribution is -2.50. The minimum atomic E-state index is -0.514. The van der Waals surface area contributed by atoms with Crippen LogP contribution in [0.2, 0.25) is 5.02 Å². The molecule has 8 nitrogen and oxygen atoms in total. The number of nitrogens with one attached hydrogen (secondary N) is 1. The summed E-state index contributed by atoms with van der Waals surface area (Å²) in [5, 5.41) is 2.74. The average molecular weight is 421 g/mol. The molecule has 1 aromatic heterocycles. The van der Waals surface area contributed by atoms with Gasteiger partial charge in [-0.1, -0.05) is 11.6 Å². The van der Waals surface area contributed by atoms with E-state index in [1.165, 1.54) is 18.2 Å². The molecule has 2 aromatic rings. The van der Waals surface area contributed by atoms with Crippen molar-refractivity contribution in [3.8, 4) is 0 Å². The highest BCUT2D eigenvalue weighted by Crippen LogP contribution is 2.21. The maximum Gasteiger partial charge on any atom is 0.321 e. The highest BCUT2D eigenvalue weighted by Gasteiger charge is 2.23. The van der Waals surface area contributed by atoms with Crippen LogP contribution >= 0.6 is 11.6 Å². The minimum absolute atomic E-state index is 0.0209. The van der Waals surface area contributed by atoms with Crippen molar-refractivity contribution in [2.75, 3.05) is 67.6 Å². The summed E-state index contributed by atoms with van der Waals surface area (Å²) in [7, 11) is 0. The summed E-state index contributed by atoms with van der Waals surface area (Å²) in [6.07, 6.45) is 1.77. The zero-order valence-electron chi connectivity index (χ0n) is 15.9. The summed E-state index contributed by atoms with van der Waals surface area (Å²) in [6.45, 7) is 5.36. The Morgan fingerprint density at radius 3 is 2.55 bits per heavy atom. The Hall–Kier alpha value is -2.65. The molecule has 10 heteroatoms. The molecule has 154 valence electrons. The Labute approximate surface area is 173 Å². The maximum absolute atomic E-state index is 13.3. The van der Waals surface area contributed by atoms with E-state index in [1.54, 1.807) is 11.1 Å². The molecule has 1 N–H and O–H groups in total. The second kappa shape index (κ2) is 8.79. The van der Waals surface area contributed by atoms with Crippen molar-refractivity contribution in [1.82, 2.24) is 14.9 Å². The third-order valence-electron chi connectivity index (χ3n) is 4.98. The van der Waals surface area contributed by atoms with Crippen LogP contribution < -0.4 is 15.1 Å². The summed E-state index contributed by atoms with van der Waals surface area (Å²) in [5.41, 5.74) is 0.467. The number of anilines is 3. The van der Waals surface area contributed by atoms with Crippen LogP contribution in [0.25, 0.3) is 0 Å². The number of benzene rings is 1. The number of amides is 2. The van der Waals surface area contributed by atoms with Gasteiger partial charge in [-0.25, -0.2) is 14.2 Å². The highest BCUT2D eigenvalue weighted by atomic mass is 35.5. The molecular weight excluding hydrogens is 399 g/mol. The lowest BCUT2D eigenvalue weighted by atomic mass is 10.3. The van der Waals surface area contributed by atoms with Crippen LogP contribution in [0, 0.1) is 5.82 Å². The monoisotopic (exact) mass is 420 g/mol. The van der Waals surface area contributed by atoms with Crippen LogP contribution in [0.1, 0.15) is 0 Å². The molecule has 0 unspecified atom stereocenters. The van der Waals surface area contributed by atoms with Gasteiger partial charge in [-0.05, 0) is 24.3 Å². The fraction of sp³-hybridized carbons (Fsp3) is 0.421. The number of rotatable bonds is 3. The molecule has 3 heterocycles. The van der Waals surface area contributed by atoms with E-state index in [0.717, 1.165) is 18.9 Å². The summed E-state index contributed by atoms with van der Waals surface area (Å²) in [4.78, 5) is 27.5. The van der Waals surface area contributed by atoms with Crippen LogP contribution in [0.15, 0.2) is 30.5 Å². The Morgan fingerprint density at radius 2 is 1.83 bits per heavy atom. The lowest BCUT2D eigenvalue weighted by molar-refractivity contribution is 0.122. The number of nitrogens with zero attached hydrogens (tertiary/aromatic N) is 5. The van der Waals surface area contributed by atoms with Gasteiger partial charge in [0.05, 0.1) is 18.2 Å². The van der Waals surface area contributed by atoms with Crippen LogP contribution in [0.3, 0.4) is 0 Å². The SMILES string of the molecule is O=C(Nc1ccc(F)c(Cl)c1)N1CCN(c2ccnc(N3CCOCC3)n2)CC1. The molecule has 2 aliphatic rings. The van der Waals surface area contributed by atoms with Crippen molar-refractivity contribution < 1.29 is 13.9 Å². The molecule has 0 radical (unpaired) electrons. The second-order valence-corrected chi connectivity index (χ2v) is 7.25. The van der Waals surface area contributed by atoms with E-state index >= 15 is 0 Å². The van der Waals surface area contributed by atoms with E-state index in [2.05, 4.69) is 20.1 Å². The van der Waals surface area contributed by atoms with E-state index in [9.17, 15) is 9.18 Å². The Morgan fingerprint density at radius 1 is 1.07 bits per heavy atom. The Kier molecular flexibility index (Phi) is 5.96. The number of morpholine rings is 1. The van der Waals surface area contributed by atoms with Gasteiger partial charge in [0.2, 0.25) is 5.95 Å². The van der Waals surface area contributed by atoms with E-state index in [4.69, 9.17) is 21.3 Å². The Bertz CT molecular complexity index is 872. The predicted octanol–water partition coefficient (Wildman–Crippen LogP) is 2.46. The van der Waals surface area contributed by atoms with Gasteiger partial charge in [0.15, 0.2) is 0 Å².